The van der Waals surface area contributed by atoms with Crippen molar-refractivity contribution in [2.75, 3.05) is 30.9 Å². The first kappa shape index (κ1) is 16.9. The first-order valence-corrected chi connectivity index (χ1v) is 10.3. The number of rotatable bonds is 5. The van der Waals surface area contributed by atoms with Crippen molar-refractivity contribution in [3.05, 3.63) is 0 Å². The van der Waals surface area contributed by atoms with Gasteiger partial charge in [0.1, 0.15) is 9.84 Å². The maximum Gasteiger partial charge on any atom is 0.214 e. The minimum Gasteiger partial charge on any atom is -0.229 e. The van der Waals surface area contributed by atoms with Crippen LogP contribution in [0.2, 0.25) is 0 Å². The van der Waals surface area contributed by atoms with Crippen molar-refractivity contribution < 1.29 is 16.8 Å². The van der Waals surface area contributed by atoms with Crippen LogP contribution in [0.4, 0.5) is 0 Å². The molecule has 0 aromatic carbocycles. The number of nitrogens with zero attached hydrogens (tertiary/aromatic N) is 1. The van der Waals surface area contributed by atoms with Gasteiger partial charge in [-0.25, -0.2) is 21.1 Å². The molecule has 0 aromatic heterocycles. The van der Waals surface area contributed by atoms with Crippen LogP contribution in [0.1, 0.15) is 39.5 Å². The normalized spacial score (nSPS) is 22.1. The van der Waals surface area contributed by atoms with E-state index in [1.807, 2.05) is 0 Å². The summed E-state index contributed by atoms with van der Waals surface area (Å²) in [5.41, 5.74) is 0.191. The predicted molar refractivity (Wildman–Crippen MR) is 77.3 cm³/mol. The van der Waals surface area contributed by atoms with E-state index in [1.165, 1.54) is 4.31 Å². The first-order chi connectivity index (χ1) is 8.52. The van der Waals surface area contributed by atoms with Gasteiger partial charge in [-0.05, 0) is 31.1 Å². The summed E-state index contributed by atoms with van der Waals surface area (Å²) in [6.45, 7) is 5.43. The second-order valence-electron chi connectivity index (χ2n) is 6.22. The summed E-state index contributed by atoms with van der Waals surface area (Å²) in [7, 11) is -6.40. The molecule has 0 N–H and O–H groups in total. The number of hydrogen-bond donors (Lipinski definition) is 0. The molecule has 0 spiro atoms. The van der Waals surface area contributed by atoms with E-state index in [0.29, 0.717) is 13.1 Å². The van der Waals surface area contributed by atoms with Crippen LogP contribution in [0.25, 0.3) is 0 Å². The third kappa shape index (κ3) is 6.23. The maximum atomic E-state index is 12.2. The van der Waals surface area contributed by atoms with Gasteiger partial charge in [0.2, 0.25) is 10.0 Å². The molecule has 1 rings (SSSR count). The van der Waals surface area contributed by atoms with Gasteiger partial charge in [0.25, 0.3) is 0 Å². The van der Waals surface area contributed by atoms with Crippen molar-refractivity contribution in [3.63, 3.8) is 0 Å². The molecule has 1 aliphatic rings. The first-order valence-electron chi connectivity index (χ1n) is 6.67. The van der Waals surface area contributed by atoms with Crippen molar-refractivity contribution in [2.24, 2.45) is 5.41 Å². The highest BCUT2D eigenvalue weighted by molar-refractivity contribution is 7.91. The molecule has 0 aromatic rings. The molecule has 1 aliphatic heterocycles. The molecule has 0 saturated carbocycles. The predicted octanol–water partition coefficient (Wildman–Crippen LogP) is 1.26. The summed E-state index contributed by atoms with van der Waals surface area (Å²) in [5, 5.41) is 0. The molecule has 0 atom stereocenters. The SMILES string of the molecule is CC1(C)CCCN(S(=O)(=O)CCCS(C)(=O)=O)CC1. The minimum atomic E-state index is -3.31. The Balaban J connectivity index is 2.57. The van der Waals surface area contributed by atoms with Crippen molar-refractivity contribution in [1.82, 2.24) is 4.31 Å². The van der Waals surface area contributed by atoms with Crippen LogP contribution in [0, 0.1) is 5.41 Å². The van der Waals surface area contributed by atoms with Crippen molar-refractivity contribution in [3.8, 4) is 0 Å². The standard InChI is InChI=1S/C12H25NO4S2/c1-12(2)6-4-8-13(9-7-12)19(16,17)11-5-10-18(3,14)15/h4-11H2,1-3H3. The third-order valence-corrected chi connectivity index (χ3v) is 6.60. The Morgan fingerprint density at radius 2 is 1.63 bits per heavy atom. The number of sulfonamides is 1. The highest BCUT2D eigenvalue weighted by atomic mass is 32.2. The topological polar surface area (TPSA) is 71.5 Å². The van der Waals surface area contributed by atoms with E-state index < -0.39 is 19.9 Å². The van der Waals surface area contributed by atoms with Crippen LogP contribution < -0.4 is 0 Å². The number of sulfone groups is 1. The monoisotopic (exact) mass is 311 g/mol. The van der Waals surface area contributed by atoms with Crippen molar-refractivity contribution >= 4 is 19.9 Å². The Hall–Kier alpha value is -0.140. The molecular formula is C12H25NO4S2. The summed E-state index contributed by atoms with van der Waals surface area (Å²) in [6.07, 6.45) is 4.08. The summed E-state index contributed by atoms with van der Waals surface area (Å²) < 4.78 is 47.9. The molecule has 1 heterocycles. The van der Waals surface area contributed by atoms with Gasteiger partial charge in [-0.3, -0.25) is 0 Å². The van der Waals surface area contributed by atoms with Gasteiger partial charge in [0.15, 0.2) is 0 Å². The maximum absolute atomic E-state index is 12.2. The smallest absolute Gasteiger partial charge is 0.214 e. The second kappa shape index (κ2) is 6.10. The lowest BCUT2D eigenvalue weighted by atomic mass is 9.85. The van der Waals surface area contributed by atoms with Gasteiger partial charge >= 0.3 is 0 Å². The van der Waals surface area contributed by atoms with Gasteiger partial charge in [-0.15, -0.1) is 0 Å². The Morgan fingerprint density at radius 1 is 1.00 bits per heavy atom. The average molecular weight is 311 g/mol. The lowest BCUT2D eigenvalue weighted by molar-refractivity contribution is 0.315. The fourth-order valence-electron chi connectivity index (χ4n) is 2.31. The van der Waals surface area contributed by atoms with E-state index in [2.05, 4.69) is 13.8 Å². The molecule has 114 valence electrons. The summed E-state index contributed by atoms with van der Waals surface area (Å²) in [5.74, 6) is -0.133. The molecule has 0 amide bonds. The molecule has 7 heteroatoms. The fourth-order valence-corrected chi connectivity index (χ4v) is 4.70. The molecule has 0 unspecified atom stereocenters. The van der Waals surface area contributed by atoms with E-state index in [0.717, 1.165) is 25.5 Å². The average Bonchev–Trinajstić information content (AvgIpc) is 2.37. The molecular weight excluding hydrogens is 286 g/mol. The van der Waals surface area contributed by atoms with E-state index in [1.54, 1.807) is 0 Å². The zero-order chi connectivity index (χ0) is 14.7. The third-order valence-electron chi connectivity index (χ3n) is 3.61. The van der Waals surface area contributed by atoms with Gasteiger partial charge in [-0.1, -0.05) is 13.8 Å². The van der Waals surface area contributed by atoms with Crippen LogP contribution in [-0.4, -0.2) is 52.0 Å². The molecule has 0 bridgehead atoms. The highest BCUT2D eigenvalue weighted by Gasteiger charge is 2.29. The van der Waals surface area contributed by atoms with E-state index in [-0.39, 0.29) is 23.3 Å². The van der Waals surface area contributed by atoms with Gasteiger partial charge in [0.05, 0.1) is 11.5 Å². The van der Waals surface area contributed by atoms with E-state index in [4.69, 9.17) is 0 Å². The minimum absolute atomic E-state index is 0.0639. The van der Waals surface area contributed by atoms with Gasteiger partial charge < -0.3 is 0 Å². The highest BCUT2D eigenvalue weighted by Crippen LogP contribution is 2.30. The van der Waals surface area contributed by atoms with Gasteiger partial charge in [-0.2, -0.15) is 0 Å². The Labute approximate surface area is 117 Å². The fraction of sp³-hybridized carbons (Fsp3) is 1.00. The molecule has 5 nitrogen and oxygen atoms in total. The zero-order valence-corrected chi connectivity index (χ0v) is 13.7. The van der Waals surface area contributed by atoms with Crippen LogP contribution in [0.3, 0.4) is 0 Å². The summed E-state index contributed by atoms with van der Waals surface area (Å²) >= 11 is 0. The Morgan fingerprint density at radius 3 is 2.21 bits per heavy atom. The quantitative estimate of drug-likeness (QED) is 0.766. The lowest BCUT2D eigenvalue weighted by Gasteiger charge is -2.23. The van der Waals surface area contributed by atoms with Crippen molar-refractivity contribution in [2.45, 2.75) is 39.5 Å². The van der Waals surface area contributed by atoms with E-state index in [9.17, 15) is 16.8 Å². The van der Waals surface area contributed by atoms with Crippen molar-refractivity contribution in [1.29, 1.82) is 0 Å². The summed E-state index contributed by atoms with van der Waals surface area (Å²) in [4.78, 5) is 0. The lowest BCUT2D eigenvalue weighted by Crippen LogP contribution is -2.34. The molecule has 0 radical (unpaired) electrons. The largest absolute Gasteiger partial charge is 0.229 e. The van der Waals surface area contributed by atoms with Crippen LogP contribution in [0.15, 0.2) is 0 Å². The number of hydrogen-bond acceptors (Lipinski definition) is 4. The van der Waals surface area contributed by atoms with Crippen LogP contribution >= 0.6 is 0 Å². The molecule has 1 fully saturated rings. The zero-order valence-electron chi connectivity index (χ0n) is 12.1. The van der Waals surface area contributed by atoms with Gasteiger partial charge in [0, 0.05) is 19.3 Å². The molecule has 0 aliphatic carbocycles. The van der Waals surface area contributed by atoms with Crippen LogP contribution in [0.5, 0.6) is 0 Å². The Bertz CT molecular complexity index is 494. The Kier molecular flexibility index (Phi) is 5.43. The van der Waals surface area contributed by atoms with E-state index >= 15 is 0 Å². The summed E-state index contributed by atoms with van der Waals surface area (Å²) in [6, 6.07) is 0. The molecule has 1 saturated heterocycles. The second-order valence-corrected chi connectivity index (χ2v) is 10.6. The van der Waals surface area contributed by atoms with Crippen LogP contribution in [-0.2, 0) is 19.9 Å². The molecule has 19 heavy (non-hydrogen) atoms.